The molecule has 0 aliphatic rings. The van der Waals surface area contributed by atoms with Gasteiger partial charge in [-0.2, -0.15) is 5.10 Å². The van der Waals surface area contributed by atoms with E-state index in [4.69, 9.17) is 0 Å². The van der Waals surface area contributed by atoms with Gasteiger partial charge < -0.3 is 5.32 Å². The molecule has 0 saturated carbocycles. The lowest BCUT2D eigenvalue weighted by Gasteiger charge is -2.15. The lowest BCUT2D eigenvalue weighted by atomic mass is 10.1. The SMILES string of the molecule is CCc1nn(C)c(NC(C)c2ccccc2)c1[N+](=O)[O-]. The Morgan fingerprint density at radius 1 is 1.40 bits per heavy atom. The van der Waals surface area contributed by atoms with Crippen molar-refractivity contribution in [3.63, 3.8) is 0 Å². The van der Waals surface area contributed by atoms with Gasteiger partial charge in [-0.05, 0) is 18.9 Å². The number of hydrogen-bond donors (Lipinski definition) is 1. The van der Waals surface area contributed by atoms with Crippen LogP contribution in [0.3, 0.4) is 0 Å². The number of nitro groups is 1. The molecule has 0 radical (unpaired) electrons. The van der Waals surface area contributed by atoms with Crippen molar-refractivity contribution in [1.82, 2.24) is 9.78 Å². The fourth-order valence-corrected chi connectivity index (χ4v) is 2.19. The van der Waals surface area contributed by atoms with Crippen LogP contribution >= 0.6 is 0 Å². The van der Waals surface area contributed by atoms with E-state index in [9.17, 15) is 10.1 Å². The molecule has 2 aromatic rings. The zero-order valence-corrected chi connectivity index (χ0v) is 11.8. The lowest BCUT2D eigenvalue weighted by Crippen LogP contribution is -2.11. The standard InChI is InChI=1S/C14H18N4O2/c1-4-12-13(18(19)20)14(17(3)16-12)15-10(2)11-8-6-5-7-9-11/h5-10,15H,4H2,1-3H3. The molecule has 0 aliphatic heterocycles. The van der Waals surface area contributed by atoms with Crippen LogP contribution in [0.2, 0.25) is 0 Å². The molecule has 0 fully saturated rings. The highest BCUT2D eigenvalue weighted by Crippen LogP contribution is 2.31. The summed E-state index contributed by atoms with van der Waals surface area (Å²) in [5.74, 6) is 0.447. The van der Waals surface area contributed by atoms with Crippen molar-refractivity contribution in [2.45, 2.75) is 26.3 Å². The van der Waals surface area contributed by atoms with Crippen molar-refractivity contribution in [1.29, 1.82) is 0 Å². The Bertz CT molecular complexity index is 607. The van der Waals surface area contributed by atoms with Gasteiger partial charge in [0.05, 0.1) is 11.0 Å². The van der Waals surface area contributed by atoms with Crippen molar-refractivity contribution in [2.75, 3.05) is 5.32 Å². The summed E-state index contributed by atoms with van der Waals surface area (Å²) >= 11 is 0. The van der Waals surface area contributed by atoms with Crippen LogP contribution in [0.25, 0.3) is 0 Å². The third-order valence-corrected chi connectivity index (χ3v) is 3.26. The molecule has 1 unspecified atom stereocenters. The summed E-state index contributed by atoms with van der Waals surface area (Å²) in [4.78, 5) is 10.9. The highest BCUT2D eigenvalue weighted by atomic mass is 16.6. The van der Waals surface area contributed by atoms with Crippen molar-refractivity contribution in [3.05, 3.63) is 51.7 Å². The predicted molar refractivity (Wildman–Crippen MR) is 77.7 cm³/mol. The zero-order chi connectivity index (χ0) is 14.7. The highest BCUT2D eigenvalue weighted by molar-refractivity contribution is 5.60. The number of aromatic nitrogens is 2. The number of aryl methyl sites for hydroxylation is 2. The third kappa shape index (κ3) is 2.64. The van der Waals surface area contributed by atoms with E-state index in [1.165, 1.54) is 4.68 Å². The quantitative estimate of drug-likeness (QED) is 0.671. The van der Waals surface area contributed by atoms with Crippen LogP contribution in [0.1, 0.15) is 31.1 Å². The van der Waals surface area contributed by atoms with Crippen molar-refractivity contribution in [2.24, 2.45) is 7.05 Å². The molecule has 1 N–H and O–H groups in total. The normalized spacial score (nSPS) is 12.2. The fraction of sp³-hybridized carbons (Fsp3) is 0.357. The van der Waals surface area contributed by atoms with Gasteiger partial charge in [0.25, 0.3) is 0 Å². The molecular formula is C14H18N4O2. The van der Waals surface area contributed by atoms with Crippen LogP contribution in [0.5, 0.6) is 0 Å². The van der Waals surface area contributed by atoms with Crippen LogP contribution in [-0.4, -0.2) is 14.7 Å². The molecule has 0 amide bonds. The zero-order valence-electron chi connectivity index (χ0n) is 11.8. The first kappa shape index (κ1) is 14.0. The maximum Gasteiger partial charge on any atom is 0.333 e. The van der Waals surface area contributed by atoms with E-state index in [0.717, 1.165) is 5.56 Å². The summed E-state index contributed by atoms with van der Waals surface area (Å²) in [7, 11) is 1.71. The van der Waals surface area contributed by atoms with Gasteiger partial charge in [-0.15, -0.1) is 0 Å². The topological polar surface area (TPSA) is 73.0 Å². The summed E-state index contributed by atoms with van der Waals surface area (Å²) in [6, 6.07) is 9.78. The van der Waals surface area contributed by atoms with Gasteiger partial charge in [0.15, 0.2) is 0 Å². The van der Waals surface area contributed by atoms with Gasteiger partial charge in [0.1, 0.15) is 5.69 Å². The molecule has 1 aromatic heterocycles. The Kier molecular flexibility index (Phi) is 4.02. The monoisotopic (exact) mass is 274 g/mol. The fourth-order valence-electron chi connectivity index (χ4n) is 2.19. The molecule has 6 heteroatoms. The number of rotatable bonds is 5. The molecule has 106 valence electrons. The molecule has 1 heterocycles. The number of hydrogen-bond acceptors (Lipinski definition) is 4. The van der Waals surface area contributed by atoms with Crippen molar-refractivity contribution < 1.29 is 4.92 Å². The Morgan fingerprint density at radius 3 is 2.60 bits per heavy atom. The predicted octanol–water partition coefficient (Wildman–Crippen LogP) is 3.06. The summed E-state index contributed by atoms with van der Waals surface area (Å²) < 4.78 is 1.54. The van der Waals surface area contributed by atoms with E-state index < -0.39 is 0 Å². The first-order valence-corrected chi connectivity index (χ1v) is 6.56. The molecule has 0 bridgehead atoms. The minimum absolute atomic E-state index is 0.0324. The largest absolute Gasteiger partial charge is 0.358 e. The molecule has 1 aromatic carbocycles. The maximum absolute atomic E-state index is 11.2. The van der Waals surface area contributed by atoms with Gasteiger partial charge in [0, 0.05) is 7.05 Å². The second kappa shape index (κ2) is 5.73. The van der Waals surface area contributed by atoms with Crippen LogP contribution in [0.15, 0.2) is 30.3 Å². The molecular weight excluding hydrogens is 256 g/mol. The second-order valence-electron chi connectivity index (χ2n) is 4.65. The van der Waals surface area contributed by atoms with E-state index in [-0.39, 0.29) is 16.7 Å². The van der Waals surface area contributed by atoms with Crippen LogP contribution < -0.4 is 5.32 Å². The lowest BCUT2D eigenvalue weighted by molar-refractivity contribution is -0.384. The van der Waals surface area contributed by atoms with E-state index in [0.29, 0.717) is 17.9 Å². The molecule has 0 saturated heterocycles. The number of nitrogens with one attached hydrogen (secondary N) is 1. The molecule has 6 nitrogen and oxygen atoms in total. The summed E-state index contributed by atoms with van der Waals surface area (Å²) in [6.07, 6.45) is 0.533. The number of benzene rings is 1. The highest BCUT2D eigenvalue weighted by Gasteiger charge is 2.26. The van der Waals surface area contributed by atoms with E-state index in [1.54, 1.807) is 7.05 Å². The van der Waals surface area contributed by atoms with Crippen LogP contribution in [-0.2, 0) is 13.5 Å². The molecule has 0 aliphatic carbocycles. The summed E-state index contributed by atoms with van der Waals surface area (Å²) in [5.41, 5.74) is 1.64. The van der Waals surface area contributed by atoms with Crippen LogP contribution in [0.4, 0.5) is 11.5 Å². The Hall–Kier alpha value is -2.37. The first-order valence-electron chi connectivity index (χ1n) is 6.56. The molecule has 2 rings (SSSR count). The second-order valence-corrected chi connectivity index (χ2v) is 4.65. The van der Waals surface area contributed by atoms with Gasteiger partial charge in [-0.3, -0.25) is 10.1 Å². The molecule has 1 atom stereocenters. The average Bonchev–Trinajstić information content (AvgIpc) is 2.76. The first-order chi connectivity index (χ1) is 9.54. The Labute approximate surface area is 117 Å². The van der Waals surface area contributed by atoms with E-state index in [2.05, 4.69) is 10.4 Å². The minimum Gasteiger partial charge on any atom is -0.358 e. The summed E-state index contributed by atoms with van der Waals surface area (Å²) in [5, 5.41) is 18.6. The van der Waals surface area contributed by atoms with Gasteiger partial charge in [-0.25, -0.2) is 4.68 Å². The number of nitrogens with zero attached hydrogens (tertiary/aromatic N) is 3. The average molecular weight is 274 g/mol. The minimum atomic E-state index is -0.369. The third-order valence-electron chi connectivity index (χ3n) is 3.26. The van der Waals surface area contributed by atoms with Crippen molar-refractivity contribution in [3.8, 4) is 0 Å². The van der Waals surface area contributed by atoms with Crippen LogP contribution in [0, 0.1) is 10.1 Å². The van der Waals surface area contributed by atoms with Crippen molar-refractivity contribution >= 4 is 11.5 Å². The molecule has 0 spiro atoms. The van der Waals surface area contributed by atoms with Gasteiger partial charge >= 0.3 is 5.69 Å². The van der Waals surface area contributed by atoms with Gasteiger partial charge in [0.2, 0.25) is 5.82 Å². The van der Waals surface area contributed by atoms with E-state index >= 15 is 0 Å². The summed E-state index contributed by atoms with van der Waals surface area (Å²) in [6.45, 7) is 3.83. The Balaban J connectivity index is 2.34. The van der Waals surface area contributed by atoms with E-state index in [1.807, 2.05) is 44.2 Å². The van der Waals surface area contributed by atoms with Gasteiger partial charge in [-0.1, -0.05) is 37.3 Å². The Morgan fingerprint density at radius 2 is 2.05 bits per heavy atom. The number of anilines is 1. The smallest absolute Gasteiger partial charge is 0.333 e. The molecule has 20 heavy (non-hydrogen) atoms. The maximum atomic E-state index is 11.2.